The van der Waals surface area contributed by atoms with E-state index in [1.807, 2.05) is 6.92 Å². The fourth-order valence-corrected chi connectivity index (χ4v) is 0.580. The van der Waals surface area contributed by atoms with Gasteiger partial charge in [0.15, 0.2) is 0 Å². The van der Waals surface area contributed by atoms with Crippen LogP contribution in [-0.4, -0.2) is 9.36 Å². The molecule has 0 atom stereocenters. The molecule has 1 heterocycles. The van der Waals surface area contributed by atoms with E-state index in [4.69, 9.17) is 0 Å². The van der Waals surface area contributed by atoms with Gasteiger partial charge in [-0.3, -0.25) is 4.37 Å². The van der Waals surface area contributed by atoms with Crippen molar-refractivity contribution in [2.45, 2.75) is 6.92 Å². The van der Waals surface area contributed by atoms with Gasteiger partial charge < -0.3 is 4.98 Å². The zero-order valence-electron chi connectivity index (χ0n) is 4.12. The molecular weight excluding hydrogens is 464 g/mol. The Morgan fingerprint density at radius 2 is 2.12 bits per heavy atom. The molecule has 0 aliphatic rings. The van der Waals surface area contributed by atoms with Crippen molar-refractivity contribution >= 4 is 11.5 Å². The van der Waals surface area contributed by atoms with Crippen LogP contribution >= 0.6 is 11.5 Å². The molecule has 1 aromatic rings. The first kappa shape index (κ1) is 11.7. The van der Waals surface area contributed by atoms with E-state index >= 15 is 0 Å². The van der Waals surface area contributed by atoms with Gasteiger partial charge in [-0.25, -0.2) is 0 Å². The van der Waals surface area contributed by atoms with Crippen LogP contribution in [0.25, 0.3) is 0 Å². The maximum atomic E-state index is 3.79. The first-order valence-corrected chi connectivity index (χ1v) is 2.33. The molecule has 1 rings (SSSR count). The van der Waals surface area contributed by atoms with Crippen LogP contribution in [0, 0.1) is 12.4 Å². The van der Waals surface area contributed by atoms with E-state index in [-0.39, 0.29) is 42.1 Å². The number of hydrogen-bond acceptors (Lipinski definition) is 3. The standard InChI is InChI=1S/C3H3N2S.2W/c1-3-4-2-6-5-3;;/h1H3;;/q-1;;. The second kappa shape index (κ2) is 6.06. The summed E-state index contributed by atoms with van der Waals surface area (Å²) in [6.07, 6.45) is 0. The van der Waals surface area contributed by atoms with Crippen molar-refractivity contribution in [3.05, 3.63) is 11.3 Å². The summed E-state index contributed by atoms with van der Waals surface area (Å²) in [6, 6.07) is 0. The van der Waals surface area contributed by atoms with Crippen LogP contribution in [-0.2, 0) is 42.1 Å². The van der Waals surface area contributed by atoms with Gasteiger partial charge in [-0.2, -0.15) is 11.5 Å². The second-order valence-corrected chi connectivity index (χ2v) is 1.48. The van der Waals surface area contributed by atoms with Gasteiger partial charge in [-0.05, 0) is 5.82 Å². The molecule has 0 aromatic carbocycles. The van der Waals surface area contributed by atoms with E-state index < -0.39 is 0 Å². The van der Waals surface area contributed by atoms with Crippen molar-refractivity contribution in [1.29, 1.82) is 0 Å². The molecule has 0 saturated heterocycles. The Morgan fingerprint density at radius 1 is 1.50 bits per heavy atom. The zero-order chi connectivity index (χ0) is 4.41. The average molecular weight is 467 g/mol. The largest absolute Gasteiger partial charge is 0.426 e. The van der Waals surface area contributed by atoms with Crippen LogP contribution in [0.15, 0.2) is 0 Å². The summed E-state index contributed by atoms with van der Waals surface area (Å²) >= 11 is 1.25. The SMILES string of the molecule is Cc1n[c-]sn1.[W].[W]. The molecule has 0 bridgehead atoms. The van der Waals surface area contributed by atoms with Gasteiger partial charge in [0.05, 0.1) is 0 Å². The summed E-state index contributed by atoms with van der Waals surface area (Å²) < 4.78 is 3.79. The van der Waals surface area contributed by atoms with Crippen molar-refractivity contribution < 1.29 is 42.1 Å². The number of rotatable bonds is 0. The molecule has 44 valence electrons. The van der Waals surface area contributed by atoms with E-state index in [0.29, 0.717) is 0 Å². The third-order valence-electron chi connectivity index (χ3n) is 0.426. The molecular formula is C3H3N2SW2-. The quantitative estimate of drug-likeness (QED) is 0.525. The van der Waals surface area contributed by atoms with Crippen LogP contribution < -0.4 is 0 Å². The van der Waals surface area contributed by atoms with Crippen LogP contribution in [0.3, 0.4) is 0 Å². The molecule has 0 aliphatic heterocycles. The molecule has 0 saturated carbocycles. The topological polar surface area (TPSA) is 25.8 Å². The summed E-state index contributed by atoms with van der Waals surface area (Å²) in [4.78, 5) is 3.70. The first-order chi connectivity index (χ1) is 2.89. The Hall–Kier alpha value is 0.937. The van der Waals surface area contributed by atoms with Crippen LogP contribution in [0.2, 0.25) is 0 Å². The van der Waals surface area contributed by atoms with Gasteiger partial charge in [-0.15, -0.1) is 0 Å². The average Bonchev–Trinajstić information content (AvgIpc) is 1.86. The Balaban J connectivity index is 0. The molecule has 5 heteroatoms. The summed E-state index contributed by atoms with van der Waals surface area (Å²) in [5.41, 5.74) is 2.61. The molecule has 0 N–H and O–H groups in total. The van der Waals surface area contributed by atoms with E-state index in [1.54, 1.807) is 0 Å². The minimum atomic E-state index is 0. The van der Waals surface area contributed by atoms with Crippen LogP contribution in [0.5, 0.6) is 0 Å². The molecule has 0 unspecified atom stereocenters. The zero-order valence-corrected chi connectivity index (χ0v) is 10.8. The predicted molar refractivity (Wildman–Crippen MR) is 23.5 cm³/mol. The van der Waals surface area contributed by atoms with E-state index in [0.717, 1.165) is 5.82 Å². The predicted octanol–water partition coefficient (Wildman–Crippen LogP) is 0.642. The monoisotopic (exact) mass is 467 g/mol. The van der Waals surface area contributed by atoms with Crippen molar-refractivity contribution in [3.63, 3.8) is 0 Å². The van der Waals surface area contributed by atoms with Gasteiger partial charge in [0.1, 0.15) is 0 Å². The fraction of sp³-hybridized carbons (Fsp3) is 0.333. The van der Waals surface area contributed by atoms with Crippen molar-refractivity contribution in [2.24, 2.45) is 0 Å². The Bertz CT molecular complexity index is 119. The normalized spacial score (nSPS) is 6.62. The van der Waals surface area contributed by atoms with E-state index in [2.05, 4.69) is 14.9 Å². The van der Waals surface area contributed by atoms with Gasteiger partial charge >= 0.3 is 0 Å². The molecule has 0 amide bonds. The fourth-order valence-electron chi connectivity index (χ4n) is 0.193. The molecule has 0 radical (unpaired) electrons. The smallest absolute Gasteiger partial charge is 0 e. The Kier molecular flexibility index (Phi) is 8.87. The molecule has 0 aliphatic carbocycles. The number of aromatic nitrogens is 2. The maximum Gasteiger partial charge on any atom is 0 e. The number of aryl methyl sites for hydroxylation is 1. The van der Waals surface area contributed by atoms with Crippen LogP contribution in [0.4, 0.5) is 0 Å². The summed E-state index contributed by atoms with van der Waals surface area (Å²) in [5, 5.41) is 0. The van der Waals surface area contributed by atoms with Gasteiger partial charge in [0.25, 0.3) is 0 Å². The molecule has 8 heavy (non-hydrogen) atoms. The number of hydrogen-bond donors (Lipinski definition) is 0. The van der Waals surface area contributed by atoms with Crippen LogP contribution in [0.1, 0.15) is 5.82 Å². The minimum Gasteiger partial charge on any atom is -0.426 e. The van der Waals surface area contributed by atoms with Crippen molar-refractivity contribution in [1.82, 2.24) is 9.36 Å². The van der Waals surface area contributed by atoms with Gasteiger partial charge in [-0.1, -0.05) is 12.4 Å². The maximum absolute atomic E-state index is 3.79. The second-order valence-electron chi connectivity index (χ2n) is 0.933. The third kappa shape index (κ3) is 3.88. The number of nitrogens with zero attached hydrogens (tertiary/aromatic N) is 2. The third-order valence-corrected chi connectivity index (χ3v) is 0.954. The first-order valence-electron chi connectivity index (χ1n) is 1.56. The minimum absolute atomic E-state index is 0. The molecule has 0 fully saturated rings. The summed E-state index contributed by atoms with van der Waals surface area (Å²) in [7, 11) is 0. The van der Waals surface area contributed by atoms with E-state index in [9.17, 15) is 0 Å². The van der Waals surface area contributed by atoms with E-state index in [1.165, 1.54) is 11.5 Å². The van der Waals surface area contributed by atoms with Gasteiger partial charge in [0.2, 0.25) is 0 Å². The summed E-state index contributed by atoms with van der Waals surface area (Å²) in [6.45, 7) is 1.84. The van der Waals surface area contributed by atoms with Crippen molar-refractivity contribution in [2.75, 3.05) is 0 Å². The van der Waals surface area contributed by atoms with Gasteiger partial charge in [0, 0.05) is 42.1 Å². The Labute approximate surface area is 80.8 Å². The molecule has 2 nitrogen and oxygen atoms in total. The molecule has 1 aromatic heterocycles. The molecule has 0 spiro atoms. The summed E-state index contributed by atoms with van der Waals surface area (Å²) in [5.74, 6) is 0.806. The van der Waals surface area contributed by atoms with Crippen molar-refractivity contribution in [3.8, 4) is 0 Å². The Morgan fingerprint density at radius 3 is 2.25 bits per heavy atom.